The van der Waals surface area contributed by atoms with Crippen molar-refractivity contribution in [1.29, 1.82) is 0 Å². The van der Waals surface area contributed by atoms with Gasteiger partial charge in [0.25, 0.3) is 0 Å². The quantitative estimate of drug-likeness (QED) is 0.0261. The molecule has 0 rings (SSSR count). The van der Waals surface area contributed by atoms with Crippen LogP contribution in [0.15, 0.2) is 85.1 Å². The zero-order chi connectivity index (χ0) is 50.7. The molecule has 0 fully saturated rings. The first-order valence-electron chi connectivity index (χ1n) is 29.6. The van der Waals surface area contributed by atoms with Crippen LogP contribution in [0.2, 0.25) is 0 Å². The summed E-state index contributed by atoms with van der Waals surface area (Å²) in [7, 11) is 0. The minimum absolute atomic E-state index is 0.0911. The summed E-state index contributed by atoms with van der Waals surface area (Å²) in [5.41, 5.74) is 0. The molecule has 0 aliphatic rings. The molecular weight excluding hydrogens is 865 g/mol. The molecule has 0 aliphatic carbocycles. The Bertz CT molecular complexity index is 1350. The van der Waals surface area contributed by atoms with Crippen molar-refractivity contribution in [2.24, 2.45) is 0 Å². The first kappa shape index (κ1) is 66.6. The van der Waals surface area contributed by atoms with Crippen molar-refractivity contribution in [2.45, 2.75) is 290 Å². The largest absolute Gasteiger partial charge is 0.462 e. The molecule has 0 aromatic rings. The molecule has 0 spiro atoms. The summed E-state index contributed by atoms with van der Waals surface area (Å²) in [5.74, 6) is -0.945. The van der Waals surface area contributed by atoms with Gasteiger partial charge in [0.1, 0.15) is 13.2 Å². The minimum Gasteiger partial charge on any atom is -0.462 e. The lowest BCUT2D eigenvalue weighted by atomic mass is 10.0. The Morgan fingerprint density at radius 1 is 0.300 bits per heavy atom. The van der Waals surface area contributed by atoms with Gasteiger partial charge in [-0.2, -0.15) is 0 Å². The highest BCUT2D eigenvalue weighted by Crippen LogP contribution is 2.16. The molecule has 0 N–H and O–H groups in total. The highest BCUT2D eigenvalue weighted by molar-refractivity contribution is 5.71. The second-order valence-electron chi connectivity index (χ2n) is 19.5. The van der Waals surface area contributed by atoms with E-state index in [1.807, 2.05) is 0 Å². The number of unbranched alkanes of at least 4 members (excludes halogenated alkanes) is 28. The Labute approximate surface area is 433 Å². The lowest BCUT2D eigenvalue weighted by Gasteiger charge is -2.18. The Morgan fingerprint density at radius 2 is 0.557 bits per heavy atom. The zero-order valence-electron chi connectivity index (χ0n) is 46.0. The average molecular weight is 976 g/mol. The molecule has 6 heteroatoms. The van der Waals surface area contributed by atoms with E-state index in [0.29, 0.717) is 19.3 Å². The van der Waals surface area contributed by atoms with E-state index in [1.165, 1.54) is 148 Å². The molecular formula is C64H110O6. The molecule has 0 radical (unpaired) electrons. The van der Waals surface area contributed by atoms with Crippen LogP contribution in [0.25, 0.3) is 0 Å². The standard InChI is InChI=1S/C64H110O6/c1-4-7-10-13-16-19-22-24-26-28-30-31-32-33-35-36-38-40-42-45-48-51-54-57-63(66)69-60-61(59-68-62(65)56-53-50-47-44-21-18-15-12-9-6-3)70-64(67)58-55-52-49-46-43-41-39-37-34-29-27-25-23-20-17-14-11-8-5-2/h7,10,16,19,24,26,30-31,33,35,38,40,45,48,61H,4-6,8-9,11-15,17-18,20-23,25,27-29,32,34,36-37,39,41-44,46-47,49-60H2,1-3H3/b10-7-,19-16-,26-24-,31-30-,35-33-,40-38-,48-45-. The van der Waals surface area contributed by atoms with Crippen molar-refractivity contribution < 1.29 is 28.6 Å². The molecule has 0 saturated carbocycles. The van der Waals surface area contributed by atoms with Crippen LogP contribution in [0, 0.1) is 0 Å². The first-order valence-corrected chi connectivity index (χ1v) is 29.6. The Balaban J connectivity index is 4.38. The second kappa shape index (κ2) is 58.2. The summed E-state index contributed by atoms with van der Waals surface area (Å²) in [6.45, 7) is 6.49. The summed E-state index contributed by atoms with van der Waals surface area (Å²) in [6, 6.07) is 0. The number of hydrogen-bond donors (Lipinski definition) is 0. The van der Waals surface area contributed by atoms with E-state index < -0.39 is 6.10 Å². The van der Waals surface area contributed by atoms with Crippen LogP contribution in [-0.4, -0.2) is 37.2 Å². The molecule has 1 unspecified atom stereocenters. The van der Waals surface area contributed by atoms with Crippen LogP contribution < -0.4 is 0 Å². The van der Waals surface area contributed by atoms with Gasteiger partial charge in [-0.15, -0.1) is 0 Å². The van der Waals surface area contributed by atoms with Gasteiger partial charge in [-0.3, -0.25) is 14.4 Å². The molecule has 6 nitrogen and oxygen atoms in total. The minimum atomic E-state index is -0.797. The third kappa shape index (κ3) is 55.5. The van der Waals surface area contributed by atoms with Crippen LogP contribution in [0.5, 0.6) is 0 Å². The topological polar surface area (TPSA) is 78.9 Å². The van der Waals surface area contributed by atoms with Crippen molar-refractivity contribution in [1.82, 2.24) is 0 Å². The second-order valence-corrected chi connectivity index (χ2v) is 19.5. The van der Waals surface area contributed by atoms with E-state index in [9.17, 15) is 14.4 Å². The predicted octanol–water partition coefficient (Wildman–Crippen LogP) is 19.9. The monoisotopic (exact) mass is 975 g/mol. The lowest BCUT2D eigenvalue weighted by Crippen LogP contribution is -2.30. The van der Waals surface area contributed by atoms with Crippen molar-refractivity contribution in [3.05, 3.63) is 85.1 Å². The fourth-order valence-electron chi connectivity index (χ4n) is 8.26. The summed E-state index contributed by atoms with van der Waals surface area (Å²) in [5, 5.41) is 0. The molecule has 1 atom stereocenters. The maximum Gasteiger partial charge on any atom is 0.306 e. The van der Waals surface area contributed by atoms with E-state index >= 15 is 0 Å². The average Bonchev–Trinajstić information content (AvgIpc) is 3.36. The van der Waals surface area contributed by atoms with Crippen molar-refractivity contribution in [2.75, 3.05) is 13.2 Å². The molecule has 0 aliphatic heterocycles. The maximum atomic E-state index is 12.9. The third-order valence-corrected chi connectivity index (χ3v) is 12.7. The van der Waals surface area contributed by atoms with Crippen molar-refractivity contribution >= 4 is 17.9 Å². The van der Waals surface area contributed by atoms with Crippen LogP contribution in [-0.2, 0) is 28.6 Å². The number of allylic oxidation sites excluding steroid dienone is 14. The van der Waals surface area contributed by atoms with E-state index in [2.05, 4.69) is 106 Å². The highest BCUT2D eigenvalue weighted by atomic mass is 16.6. The zero-order valence-corrected chi connectivity index (χ0v) is 46.0. The Hall–Kier alpha value is -3.41. The van der Waals surface area contributed by atoms with E-state index in [0.717, 1.165) is 89.9 Å². The van der Waals surface area contributed by atoms with Gasteiger partial charge in [-0.1, -0.05) is 279 Å². The molecule has 0 saturated heterocycles. The summed E-state index contributed by atoms with van der Waals surface area (Å²) < 4.78 is 16.8. The molecule has 0 amide bonds. The van der Waals surface area contributed by atoms with Gasteiger partial charge in [0, 0.05) is 19.3 Å². The smallest absolute Gasteiger partial charge is 0.306 e. The molecule has 0 aromatic heterocycles. The molecule has 0 bridgehead atoms. The number of hydrogen-bond acceptors (Lipinski definition) is 6. The van der Waals surface area contributed by atoms with Crippen LogP contribution in [0.3, 0.4) is 0 Å². The molecule has 70 heavy (non-hydrogen) atoms. The molecule has 0 heterocycles. The predicted molar refractivity (Wildman–Crippen MR) is 302 cm³/mol. The summed E-state index contributed by atoms with van der Waals surface area (Å²) in [6.07, 6.45) is 75.9. The summed E-state index contributed by atoms with van der Waals surface area (Å²) >= 11 is 0. The maximum absolute atomic E-state index is 12.9. The summed E-state index contributed by atoms with van der Waals surface area (Å²) in [4.78, 5) is 38.1. The van der Waals surface area contributed by atoms with Crippen LogP contribution in [0.4, 0.5) is 0 Å². The van der Waals surface area contributed by atoms with Gasteiger partial charge in [0.05, 0.1) is 0 Å². The van der Waals surface area contributed by atoms with Crippen molar-refractivity contribution in [3.8, 4) is 0 Å². The number of carbonyl (C=O) groups excluding carboxylic acids is 3. The van der Waals surface area contributed by atoms with Gasteiger partial charge in [0.15, 0.2) is 6.10 Å². The van der Waals surface area contributed by atoms with Gasteiger partial charge in [-0.25, -0.2) is 0 Å². The fourth-order valence-corrected chi connectivity index (χ4v) is 8.26. The van der Waals surface area contributed by atoms with Gasteiger partial charge in [-0.05, 0) is 70.6 Å². The highest BCUT2D eigenvalue weighted by Gasteiger charge is 2.19. The Kier molecular flexibility index (Phi) is 55.3. The lowest BCUT2D eigenvalue weighted by molar-refractivity contribution is -0.167. The number of ether oxygens (including phenoxy) is 3. The number of carbonyl (C=O) groups is 3. The normalized spacial score (nSPS) is 12.7. The van der Waals surface area contributed by atoms with Crippen LogP contribution >= 0.6 is 0 Å². The fraction of sp³-hybridized carbons (Fsp3) is 0.734. The van der Waals surface area contributed by atoms with E-state index in [-0.39, 0.29) is 37.5 Å². The Morgan fingerprint density at radius 3 is 0.871 bits per heavy atom. The van der Waals surface area contributed by atoms with Crippen molar-refractivity contribution in [3.63, 3.8) is 0 Å². The SMILES string of the molecule is CC/C=C\C/C=C\C/C=C\C/C=C\C/C=C\C/C=C\C/C=C\CCCC(=O)OCC(COC(=O)CCCCCCCCCCCC)OC(=O)CCCCCCCCCCCCCCCCCCCCC. The van der Waals surface area contributed by atoms with Gasteiger partial charge in [0.2, 0.25) is 0 Å². The van der Waals surface area contributed by atoms with E-state index in [4.69, 9.17) is 14.2 Å². The number of esters is 3. The molecule has 402 valence electrons. The van der Waals surface area contributed by atoms with Gasteiger partial charge >= 0.3 is 17.9 Å². The van der Waals surface area contributed by atoms with E-state index in [1.54, 1.807) is 0 Å². The first-order chi connectivity index (χ1) is 34.5. The van der Waals surface area contributed by atoms with Gasteiger partial charge < -0.3 is 14.2 Å². The third-order valence-electron chi connectivity index (χ3n) is 12.7. The van der Waals surface area contributed by atoms with Crippen LogP contribution in [0.1, 0.15) is 284 Å². The molecule has 0 aromatic carbocycles. The number of rotatable bonds is 53.